The first-order chi connectivity index (χ1) is 10.2. The Morgan fingerprint density at radius 1 is 1.14 bits per heavy atom. The lowest BCUT2D eigenvalue weighted by Crippen LogP contribution is -2.52. The molecule has 1 aromatic carbocycles. The summed E-state index contributed by atoms with van der Waals surface area (Å²) in [5.41, 5.74) is 0. The molecule has 1 saturated heterocycles. The molecule has 0 bridgehead atoms. The van der Waals surface area contributed by atoms with E-state index in [0.29, 0.717) is 19.4 Å². The zero-order valence-corrected chi connectivity index (χ0v) is 14.3. The second kappa shape index (κ2) is 6.63. The minimum Gasteiger partial charge on any atom is -0.207 e. The van der Waals surface area contributed by atoms with Crippen LogP contribution in [0.2, 0.25) is 0 Å². The van der Waals surface area contributed by atoms with E-state index in [1.54, 1.807) is 18.2 Å². The van der Waals surface area contributed by atoms with E-state index in [1.165, 1.54) is 30.5 Å². The first-order valence-corrected chi connectivity index (χ1v) is 9.86. The van der Waals surface area contributed by atoms with Crippen molar-refractivity contribution in [2.75, 3.05) is 27.2 Å². The third-order valence-corrected chi connectivity index (χ3v) is 6.99. The smallest absolute Gasteiger partial charge is 0.207 e. The zero-order chi connectivity index (χ0) is 16.4. The summed E-state index contributed by atoms with van der Waals surface area (Å²) in [7, 11) is -4.22. The molecule has 0 unspecified atom stereocenters. The lowest BCUT2D eigenvalue weighted by Gasteiger charge is -2.33. The minimum absolute atomic E-state index is 0.145. The summed E-state index contributed by atoms with van der Waals surface area (Å²) in [5.74, 6) is 0. The molecule has 7 nitrogen and oxygen atoms in total. The van der Waals surface area contributed by atoms with Crippen molar-refractivity contribution in [3.63, 3.8) is 0 Å². The van der Waals surface area contributed by atoms with Gasteiger partial charge in [0, 0.05) is 33.2 Å². The van der Waals surface area contributed by atoms with Crippen molar-refractivity contribution < 1.29 is 16.8 Å². The maximum atomic E-state index is 12.3. The van der Waals surface area contributed by atoms with Gasteiger partial charge in [0.15, 0.2) is 0 Å². The van der Waals surface area contributed by atoms with Crippen molar-refractivity contribution in [1.29, 1.82) is 0 Å². The Balaban J connectivity index is 2.11. The van der Waals surface area contributed by atoms with Gasteiger partial charge >= 0.3 is 0 Å². The topological polar surface area (TPSA) is 86.8 Å². The number of rotatable bonds is 5. The number of piperidine rings is 1. The Labute approximate surface area is 132 Å². The monoisotopic (exact) mass is 347 g/mol. The van der Waals surface area contributed by atoms with E-state index in [2.05, 4.69) is 4.72 Å². The molecule has 1 N–H and O–H groups in total. The van der Waals surface area contributed by atoms with Crippen LogP contribution in [-0.4, -0.2) is 58.7 Å². The van der Waals surface area contributed by atoms with Crippen LogP contribution in [-0.2, 0) is 20.2 Å². The standard InChI is InChI=1S/C13H21N3O4S2/c1-15(2)22(19,20)16-10-6-7-12(11-16)14-21(17,18)13-8-4-3-5-9-13/h3-5,8-9,12,14H,6-7,10-11H2,1-2H3/t12-/m0/s1. The first kappa shape index (κ1) is 17.4. The highest BCUT2D eigenvalue weighted by molar-refractivity contribution is 7.89. The summed E-state index contributed by atoms with van der Waals surface area (Å²) in [4.78, 5) is 0.183. The van der Waals surface area contributed by atoms with E-state index in [9.17, 15) is 16.8 Å². The maximum Gasteiger partial charge on any atom is 0.281 e. The van der Waals surface area contributed by atoms with Crippen molar-refractivity contribution in [2.45, 2.75) is 23.8 Å². The van der Waals surface area contributed by atoms with Crippen LogP contribution in [0.25, 0.3) is 0 Å². The SMILES string of the molecule is CN(C)S(=O)(=O)N1CCC[C@H](NS(=O)(=O)c2ccccc2)C1. The van der Waals surface area contributed by atoms with Crippen LogP contribution in [0.5, 0.6) is 0 Å². The van der Waals surface area contributed by atoms with Gasteiger partial charge in [0.05, 0.1) is 4.90 Å². The van der Waals surface area contributed by atoms with Gasteiger partial charge in [0.2, 0.25) is 10.0 Å². The van der Waals surface area contributed by atoms with Gasteiger partial charge in [0.1, 0.15) is 0 Å². The highest BCUT2D eigenvalue weighted by Crippen LogP contribution is 2.17. The molecule has 1 aromatic rings. The van der Waals surface area contributed by atoms with Crippen LogP contribution >= 0.6 is 0 Å². The lowest BCUT2D eigenvalue weighted by atomic mass is 10.1. The van der Waals surface area contributed by atoms with Crippen LogP contribution in [0.3, 0.4) is 0 Å². The average molecular weight is 347 g/mol. The third kappa shape index (κ3) is 3.85. The van der Waals surface area contributed by atoms with Gasteiger partial charge in [-0.2, -0.15) is 17.0 Å². The lowest BCUT2D eigenvalue weighted by molar-refractivity contribution is 0.288. The fourth-order valence-corrected chi connectivity index (χ4v) is 4.84. The van der Waals surface area contributed by atoms with Gasteiger partial charge in [0.25, 0.3) is 10.2 Å². The fourth-order valence-electron chi connectivity index (χ4n) is 2.37. The number of hydrogen-bond acceptors (Lipinski definition) is 4. The Bertz CT molecular complexity index is 702. The third-order valence-electron chi connectivity index (χ3n) is 3.55. The molecule has 2 rings (SSSR count). The van der Waals surface area contributed by atoms with Gasteiger partial charge in [-0.15, -0.1) is 0 Å². The second-order valence-corrected chi connectivity index (χ2v) is 9.28. The van der Waals surface area contributed by atoms with Crippen LogP contribution in [0.15, 0.2) is 35.2 Å². The first-order valence-electron chi connectivity index (χ1n) is 6.98. The Morgan fingerprint density at radius 3 is 2.36 bits per heavy atom. The molecule has 0 saturated carbocycles. The molecule has 22 heavy (non-hydrogen) atoms. The average Bonchev–Trinajstić information content (AvgIpc) is 2.48. The Kier molecular flexibility index (Phi) is 5.23. The molecule has 0 amide bonds. The van der Waals surface area contributed by atoms with Crippen molar-refractivity contribution in [1.82, 2.24) is 13.3 Å². The van der Waals surface area contributed by atoms with E-state index >= 15 is 0 Å². The normalized spacial score (nSPS) is 21.1. The Hall–Kier alpha value is -1.00. The van der Waals surface area contributed by atoms with Gasteiger partial charge in [-0.3, -0.25) is 0 Å². The summed E-state index contributed by atoms with van der Waals surface area (Å²) in [5, 5.41) is 0. The van der Waals surface area contributed by atoms with Crippen LogP contribution in [0.1, 0.15) is 12.8 Å². The van der Waals surface area contributed by atoms with Crippen LogP contribution in [0, 0.1) is 0 Å². The number of nitrogens with one attached hydrogen (secondary N) is 1. The minimum atomic E-state index is -3.63. The van der Waals surface area contributed by atoms with E-state index in [0.717, 1.165) is 4.31 Å². The highest BCUT2D eigenvalue weighted by Gasteiger charge is 2.32. The summed E-state index contributed by atoms with van der Waals surface area (Å²) in [6.45, 7) is 0.552. The van der Waals surface area contributed by atoms with Crippen LogP contribution < -0.4 is 4.72 Å². The predicted octanol–water partition coefficient (Wildman–Crippen LogP) is 0.236. The molecule has 0 spiro atoms. The van der Waals surface area contributed by atoms with E-state index in [4.69, 9.17) is 0 Å². The molecule has 0 aliphatic carbocycles. The van der Waals surface area contributed by atoms with Crippen molar-refractivity contribution in [2.24, 2.45) is 0 Å². The zero-order valence-electron chi connectivity index (χ0n) is 12.6. The van der Waals surface area contributed by atoms with Crippen LogP contribution in [0.4, 0.5) is 0 Å². The van der Waals surface area contributed by atoms with Gasteiger partial charge in [-0.1, -0.05) is 18.2 Å². The maximum absolute atomic E-state index is 12.3. The molecular formula is C13H21N3O4S2. The fraction of sp³-hybridized carbons (Fsp3) is 0.538. The molecule has 0 radical (unpaired) electrons. The number of benzene rings is 1. The summed E-state index contributed by atoms with van der Waals surface area (Å²) < 4.78 is 53.9. The van der Waals surface area contributed by atoms with E-state index < -0.39 is 26.3 Å². The highest BCUT2D eigenvalue weighted by atomic mass is 32.2. The molecule has 1 fully saturated rings. The molecule has 0 aromatic heterocycles. The van der Waals surface area contributed by atoms with Crippen molar-refractivity contribution >= 4 is 20.2 Å². The number of hydrogen-bond donors (Lipinski definition) is 1. The molecule has 1 heterocycles. The molecular weight excluding hydrogens is 326 g/mol. The predicted molar refractivity (Wildman–Crippen MR) is 84.0 cm³/mol. The van der Waals surface area contributed by atoms with Crippen molar-refractivity contribution in [3.05, 3.63) is 30.3 Å². The van der Waals surface area contributed by atoms with Gasteiger partial charge in [-0.25, -0.2) is 13.1 Å². The number of nitrogens with zero attached hydrogens (tertiary/aromatic N) is 2. The molecule has 1 atom stereocenters. The van der Waals surface area contributed by atoms with E-state index in [1.807, 2.05) is 0 Å². The van der Waals surface area contributed by atoms with Gasteiger partial charge in [-0.05, 0) is 25.0 Å². The molecule has 1 aliphatic heterocycles. The summed E-state index contributed by atoms with van der Waals surface area (Å²) >= 11 is 0. The molecule has 9 heteroatoms. The quantitative estimate of drug-likeness (QED) is 0.826. The van der Waals surface area contributed by atoms with Gasteiger partial charge < -0.3 is 0 Å². The molecule has 124 valence electrons. The summed E-state index contributed by atoms with van der Waals surface area (Å²) in [6, 6.07) is 7.65. The molecule has 1 aliphatic rings. The largest absolute Gasteiger partial charge is 0.281 e. The summed E-state index contributed by atoms with van der Waals surface area (Å²) in [6.07, 6.45) is 1.24. The Morgan fingerprint density at radius 2 is 1.77 bits per heavy atom. The van der Waals surface area contributed by atoms with E-state index in [-0.39, 0.29) is 11.4 Å². The number of sulfonamides is 1. The second-order valence-electron chi connectivity index (χ2n) is 5.42. The van der Waals surface area contributed by atoms with Crippen molar-refractivity contribution in [3.8, 4) is 0 Å².